The first-order chi connectivity index (χ1) is 12.0. The van der Waals surface area contributed by atoms with E-state index in [0.29, 0.717) is 6.04 Å². The molecule has 142 valence electrons. The molecular weight excluding hydrogens is 308 g/mol. The van der Waals surface area contributed by atoms with E-state index in [2.05, 4.69) is 61.8 Å². The average molecular weight is 347 g/mol. The number of ether oxygens (including phenoxy) is 1. The van der Waals surface area contributed by atoms with Crippen LogP contribution in [0.15, 0.2) is 24.3 Å². The molecule has 0 aromatic heterocycles. The molecule has 0 saturated carbocycles. The quantitative estimate of drug-likeness (QED) is 0.566. The van der Waals surface area contributed by atoms with Gasteiger partial charge in [-0.1, -0.05) is 45.2 Å². The SMILES string of the molecule is CC(C)CCCCCOc1ccc(CN2CCN(C(C)C)CC2)cc1. The van der Waals surface area contributed by atoms with Crippen LogP contribution in [0.3, 0.4) is 0 Å². The molecule has 3 nitrogen and oxygen atoms in total. The fourth-order valence-corrected chi connectivity index (χ4v) is 3.41. The van der Waals surface area contributed by atoms with Crippen LogP contribution in [0, 0.1) is 5.92 Å². The van der Waals surface area contributed by atoms with Crippen LogP contribution >= 0.6 is 0 Å². The molecule has 25 heavy (non-hydrogen) atoms. The number of hydrogen-bond donors (Lipinski definition) is 0. The lowest BCUT2D eigenvalue weighted by atomic mass is 10.1. The zero-order valence-electron chi connectivity index (χ0n) is 16.8. The Morgan fingerprint density at radius 2 is 1.56 bits per heavy atom. The van der Waals surface area contributed by atoms with E-state index in [1.807, 2.05) is 0 Å². The van der Waals surface area contributed by atoms with Crippen molar-refractivity contribution in [3.05, 3.63) is 29.8 Å². The molecule has 1 aliphatic heterocycles. The fourth-order valence-electron chi connectivity index (χ4n) is 3.41. The van der Waals surface area contributed by atoms with Gasteiger partial charge >= 0.3 is 0 Å². The van der Waals surface area contributed by atoms with Gasteiger partial charge in [0.15, 0.2) is 0 Å². The summed E-state index contributed by atoms with van der Waals surface area (Å²) < 4.78 is 5.88. The Balaban J connectivity index is 1.63. The molecule has 1 aromatic carbocycles. The molecule has 0 aliphatic carbocycles. The number of nitrogens with zero attached hydrogens (tertiary/aromatic N) is 2. The van der Waals surface area contributed by atoms with Gasteiger partial charge in [-0.05, 0) is 43.9 Å². The third kappa shape index (κ3) is 7.79. The summed E-state index contributed by atoms with van der Waals surface area (Å²) in [5.74, 6) is 1.83. The van der Waals surface area contributed by atoms with E-state index < -0.39 is 0 Å². The third-order valence-electron chi connectivity index (χ3n) is 5.16. The zero-order valence-corrected chi connectivity index (χ0v) is 16.8. The summed E-state index contributed by atoms with van der Waals surface area (Å²) in [6, 6.07) is 9.39. The Bertz CT molecular complexity index is 461. The van der Waals surface area contributed by atoms with Crippen LogP contribution in [0.1, 0.15) is 58.9 Å². The van der Waals surface area contributed by atoms with Gasteiger partial charge in [-0.2, -0.15) is 0 Å². The molecule has 0 N–H and O–H groups in total. The molecule has 1 aromatic rings. The Morgan fingerprint density at radius 1 is 0.880 bits per heavy atom. The predicted molar refractivity (Wildman–Crippen MR) is 107 cm³/mol. The summed E-state index contributed by atoms with van der Waals surface area (Å²) >= 11 is 0. The number of rotatable bonds is 10. The van der Waals surface area contributed by atoms with Crippen LogP contribution in [0.5, 0.6) is 5.75 Å². The lowest BCUT2D eigenvalue weighted by Gasteiger charge is -2.36. The molecule has 1 heterocycles. The maximum Gasteiger partial charge on any atom is 0.119 e. The van der Waals surface area contributed by atoms with E-state index in [1.165, 1.54) is 51.0 Å². The highest BCUT2D eigenvalue weighted by Crippen LogP contribution is 2.16. The molecule has 1 saturated heterocycles. The first-order valence-electron chi connectivity index (χ1n) is 10.2. The Morgan fingerprint density at radius 3 is 2.16 bits per heavy atom. The van der Waals surface area contributed by atoms with E-state index in [4.69, 9.17) is 4.74 Å². The second-order valence-corrected chi connectivity index (χ2v) is 8.14. The van der Waals surface area contributed by atoms with E-state index in [-0.39, 0.29) is 0 Å². The second-order valence-electron chi connectivity index (χ2n) is 8.14. The Kier molecular flexibility index (Phi) is 8.77. The summed E-state index contributed by atoms with van der Waals surface area (Å²) in [6.45, 7) is 15.8. The molecule has 0 radical (unpaired) electrons. The molecule has 3 heteroatoms. The topological polar surface area (TPSA) is 15.7 Å². The lowest BCUT2D eigenvalue weighted by Crippen LogP contribution is -2.48. The van der Waals surface area contributed by atoms with Crippen molar-refractivity contribution < 1.29 is 4.74 Å². The van der Waals surface area contributed by atoms with Gasteiger partial charge in [-0.25, -0.2) is 0 Å². The molecule has 1 fully saturated rings. The number of hydrogen-bond acceptors (Lipinski definition) is 3. The van der Waals surface area contributed by atoms with Crippen LogP contribution < -0.4 is 4.74 Å². The summed E-state index contributed by atoms with van der Waals surface area (Å²) in [5.41, 5.74) is 1.39. The van der Waals surface area contributed by atoms with Gasteiger partial charge in [0.2, 0.25) is 0 Å². The highest BCUT2D eigenvalue weighted by Gasteiger charge is 2.18. The molecule has 0 amide bonds. The van der Waals surface area contributed by atoms with E-state index in [9.17, 15) is 0 Å². The molecule has 0 spiro atoms. The van der Waals surface area contributed by atoms with Crippen LogP contribution in [0.2, 0.25) is 0 Å². The number of piperazine rings is 1. The van der Waals surface area contributed by atoms with E-state index in [1.54, 1.807) is 0 Å². The van der Waals surface area contributed by atoms with Crippen molar-refractivity contribution in [1.82, 2.24) is 9.80 Å². The zero-order chi connectivity index (χ0) is 18.1. The maximum atomic E-state index is 5.88. The average Bonchev–Trinajstić information content (AvgIpc) is 2.59. The minimum absolute atomic E-state index is 0.670. The van der Waals surface area contributed by atoms with Crippen LogP contribution in [0.25, 0.3) is 0 Å². The molecule has 1 aliphatic rings. The summed E-state index contributed by atoms with van der Waals surface area (Å²) in [7, 11) is 0. The van der Waals surface area contributed by atoms with Crippen molar-refractivity contribution in [3.63, 3.8) is 0 Å². The smallest absolute Gasteiger partial charge is 0.119 e. The minimum atomic E-state index is 0.670. The van der Waals surface area contributed by atoms with Crippen molar-refractivity contribution >= 4 is 0 Å². The van der Waals surface area contributed by atoms with Crippen molar-refractivity contribution in [2.24, 2.45) is 5.92 Å². The van der Waals surface area contributed by atoms with Crippen LogP contribution in [-0.2, 0) is 6.54 Å². The highest BCUT2D eigenvalue weighted by atomic mass is 16.5. The van der Waals surface area contributed by atoms with Gasteiger partial charge in [0.1, 0.15) is 5.75 Å². The van der Waals surface area contributed by atoms with Crippen molar-refractivity contribution in [3.8, 4) is 5.75 Å². The maximum absolute atomic E-state index is 5.88. The van der Waals surface area contributed by atoms with Gasteiger partial charge < -0.3 is 4.74 Å². The van der Waals surface area contributed by atoms with Gasteiger partial charge in [0, 0.05) is 38.8 Å². The fraction of sp³-hybridized carbons (Fsp3) is 0.727. The van der Waals surface area contributed by atoms with E-state index in [0.717, 1.165) is 31.2 Å². The lowest BCUT2D eigenvalue weighted by molar-refractivity contribution is 0.104. The second kappa shape index (κ2) is 10.8. The van der Waals surface area contributed by atoms with Gasteiger partial charge in [0.25, 0.3) is 0 Å². The Hall–Kier alpha value is -1.06. The molecule has 2 rings (SSSR count). The van der Waals surface area contributed by atoms with E-state index >= 15 is 0 Å². The summed E-state index contributed by atoms with van der Waals surface area (Å²) in [4.78, 5) is 5.12. The standard InChI is InChI=1S/C22H38N2O/c1-19(2)8-6-5-7-17-25-22-11-9-21(10-12-22)18-23-13-15-24(16-14-23)20(3)4/h9-12,19-20H,5-8,13-18H2,1-4H3. The molecular formula is C22H38N2O. The monoisotopic (exact) mass is 346 g/mol. The number of unbranched alkanes of at least 4 members (excludes halogenated alkanes) is 2. The Labute approximate surface area is 155 Å². The van der Waals surface area contributed by atoms with Crippen LogP contribution in [0.4, 0.5) is 0 Å². The van der Waals surface area contributed by atoms with Gasteiger partial charge in [-0.15, -0.1) is 0 Å². The summed E-state index contributed by atoms with van der Waals surface area (Å²) in [6.07, 6.45) is 5.09. The predicted octanol–water partition coefficient (Wildman–Crippen LogP) is 4.81. The van der Waals surface area contributed by atoms with Crippen molar-refractivity contribution in [2.45, 2.75) is 66.0 Å². The minimum Gasteiger partial charge on any atom is -0.494 e. The normalized spacial score (nSPS) is 16.7. The highest BCUT2D eigenvalue weighted by molar-refractivity contribution is 5.27. The van der Waals surface area contributed by atoms with Gasteiger partial charge in [0.05, 0.1) is 6.61 Å². The third-order valence-corrected chi connectivity index (χ3v) is 5.16. The summed E-state index contributed by atoms with van der Waals surface area (Å²) in [5, 5.41) is 0. The molecule has 0 bridgehead atoms. The molecule has 0 atom stereocenters. The molecule has 0 unspecified atom stereocenters. The largest absolute Gasteiger partial charge is 0.494 e. The first kappa shape index (κ1) is 20.3. The van der Waals surface area contributed by atoms with Gasteiger partial charge in [-0.3, -0.25) is 9.80 Å². The number of benzene rings is 1. The van der Waals surface area contributed by atoms with Crippen molar-refractivity contribution in [1.29, 1.82) is 0 Å². The van der Waals surface area contributed by atoms with Crippen LogP contribution in [-0.4, -0.2) is 48.6 Å². The first-order valence-corrected chi connectivity index (χ1v) is 10.2. The van der Waals surface area contributed by atoms with Crippen molar-refractivity contribution in [2.75, 3.05) is 32.8 Å².